The number of phenols is 3. The summed E-state index contributed by atoms with van der Waals surface area (Å²) < 4.78 is 16.0. The largest absolute Gasteiger partial charge is 0.504 e. The molecule has 3 rings (SSSR count). The smallest absolute Gasteiger partial charge is 0.174 e. The van der Waals surface area contributed by atoms with Gasteiger partial charge in [-0.1, -0.05) is 0 Å². The Balaban J connectivity index is 2.09. The summed E-state index contributed by atoms with van der Waals surface area (Å²) in [7, 11) is 1.42. The summed E-state index contributed by atoms with van der Waals surface area (Å²) in [6, 6.07) is 5.29. The first-order valence-electron chi connectivity index (χ1n) is 5.41. The standard InChI is InChI=1S/C13H10O6/c1-17-9-5-13-12(4-8(9)16)18-10-2-6(14)7(15)3-11(10)19-13/h2-5,14-16H,1H3. The van der Waals surface area contributed by atoms with E-state index in [0.717, 1.165) is 0 Å². The maximum Gasteiger partial charge on any atom is 0.174 e. The number of hydrogen-bond acceptors (Lipinski definition) is 6. The summed E-state index contributed by atoms with van der Waals surface area (Å²) in [5, 5.41) is 28.5. The van der Waals surface area contributed by atoms with Gasteiger partial charge in [-0.25, -0.2) is 0 Å². The molecule has 0 aliphatic carbocycles. The highest BCUT2D eigenvalue weighted by atomic mass is 16.6. The van der Waals surface area contributed by atoms with Gasteiger partial charge in [0, 0.05) is 24.3 Å². The van der Waals surface area contributed by atoms with Crippen LogP contribution in [0.4, 0.5) is 0 Å². The molecule has 98 valence electrons. The molecule has 0 radical (unpaired) electrons. The molecule has 0 unspecified atom stereocenters. The van der Waals surface area contributed by atoms with Crippen molar-refractivity contribution in [3.8, 4) is 46.0 Å². The van der Waals surface area contributed by atoms with Crippen molar-refractivity contribution in [3.63, 3.8) is 0 Å². The van der Waals surface area contributed by atoms with Crippen LogP contribution in [0.5, 0.6) is 46.0 Å². The van der Waals surface area contributed by atoms with E-state index >= 15 is 0 Å². The minimum atomic E-state index is -0.316. The SMILES string of the molecule is COc1cc2c(cc1O)Oc1cc(O)c(O)cc1O2. The van der Waals surface area contributed by atoms with E-state index in [1.807, 2.05) is 0 Å². The predicted octanol–water partition coefficient (Wildman–Crippen LogP) is 2.71. The van der Waals surface area contributed by atoms with Crippen LogP contribution in [-0.2, 0) is 0 Å². The number of aromatic hydroxyl groups is 3. The molecular formula is C13H10O6. The number of ether oxygens (including phenoxy) is 3. The van der Waals surface area contributed by atoms with Crippen LogP contribution in [0.2, 0.25) is 0 Å². The average molecular weight is 262 g/mol. The van der Waals surface area contributed by atoms with E-state index in [0.29, 0.717) is 5.75 Å². The number of phenolic OH excluding ortho intramolecular Hbond substituents is 3. The molecule has 6 nitrogen and oxygen atoms in total. The van der Waals surface area contributed by atoms with Gasteiger partial charge in [-0.05, 0) is 0 Å². The normalized spacial score (nSPS) is 11.8. The van der Waals surface area contributed by atoms with Crippen molar-refractivity contribution in [1.82, 2.24) is 0 Å². The number of fused-ring (bicyclic) bond motifs is 2. The van der Waals surface area contributed by atoms with E-state index < -0.39 is 0 Å². The Morgan fingerprint density at radius 2 is 1.16 bits per heavy atom. The van der Waals surface area contributed by atoms with Crippen LogP contribution >= 0.6 is 0 Å². The molecular weight excluding hydrogens is 252 g/mol. The van der Waals surface area contributed by atoms with Gasteiger partial charge in [0.15, 0.2) is 46.0 Å². The number of benzene rings is 2. The summed E-state index contributed by atoms with van der Waals surface area (Å²) in [6.07, 6.45) is 0. The van der Waals surface area contributed by atoms with Crippen LogP contribution in [0.15, 0.2) is 24.3 Å². The predicted molar refractivity (Wildman–Crippen MR) is 64.6 cm³/mol. The summed E-state index contributed by atoms with van der Waals surface area (Å²) in [5.41, 5.74) is 0. The quantitative estimate of drug-likeness (QED) is 0.584. The first kappa shape index (κ1) is 11.3. The van der Waals surface area contributed by atoms with Gasteiger partial charge in [-0.3, -0.25) is 0 Å². The van der Waals surface area contributed by atoms with Crippen LogP contribution in [0, 0.1) is 0 Å². The van der Waals surface area contributed by atoms with Crippen molar-refractivity contribution in [3.05, 3.63) is 24.3 Å². The molecule has 0 saturated heterocycles. The van der Waals surface area contributed by atoms with Crippen LogP contribution < -0.4 is 14.2 Å². The Hall–Kier alpha value is -2.76. The minimum absolute atomic E-state index is 0.0868. The molecule has 6 heteroatoms. The molecule has 2 aromatic carbocycles. The Bertz CT molecular complexity index is 665. The fourth-order valence-electron chi connectivity index (χ4n) is 1.79. The second kappa shape index (κ2) is 3.88. The Kier molecular flexibility index (Phi) is 2.31. The fraction of sp³-hybridized carbons (Fsp3) is 0.0769. The van der Waals surface area contributed by atoms with Crippen molar-refractivity contribution >= 4 is 0 Å². The van der Waals surface area contributed by atoms with Crippen molar-refractivity contribution in [1.29, 1.82) is 0 Å². The van der Waals surface area contributed by atoms with Crippen LogP contribution in [0.1, 0.15) is 0 Å². The highest BCUT2D eigenvalue weighted by Gasteiger charge is 2.23. The monoisotopic (exact) mass is 262 g/mol. The van der Waals surface area contributed by atoms with Gasteiger partial charge in [0.2, 0.25) is 0 Å². The molecule has 1 aliphatic heterocycles. The number of hydrogen-bond donors (Lipinski definition) is 3. The van der Waals surface area contributed by atoms with Crippen LogP contribution in [0.3, 0.4) is 0 Å². The maximum absolute atomic E-state index is 9.66. The van der Waals surface area contributed by atoms with Crippen molar-refractivity contribution in [2.75, 3.05) is 7.11 Å². The lowest BCUT2D eigenvalue weighted by Crippen LogP contribution is -1.99. The van der Waals surface area contributed by atoms with Gasteiger partial charge in [0.05, 0.1) is 7.11 Å². The molecule has 1 aliphatic rings. The molecule has 0 aromatic heterocycles. The Labute approximate surface area is 108 Å². The molecule has 0 atom stereocenters. The zero-order chi connectivity index (χ0) is 13.6. The number of methoxy groups -OCH3 is 1. The third-order valence-corrected chi connectivity index (χ3v) is 2.73. The van der Waals surface area contributed by atoms with Crippen LogP contribution in [-0.4, -0.2) is 22.4 Å². The second-order valence-electron chi connectivity index (χ2n) is 3.96. The van der Waals surface area contributed by atoms with Gasteiger partial charge in [0.1, 0.15) is 0 Å². The third-order valence-electron chi connectivity index (χ3n) is 2.73. The first-order chi connectivity index (χ1) is 9.08. The van der Waals surface area contributed by atoms with Crippen molar-refractivity contribution in [2.45, 2.75) is 0 Å². The Morgan fingerprint density at radius 3 is 1.63 bits per heavy atom. The van der Waals surface area contributed by atoms with Gasteiger partial charge in [-0.2, -0.15) is 0 Å². The van der Waals surface area contributed by atoms with Gasteiger partial charge in [-0.15, -0.1) is 0 Å². The first-order valence-corrected chi connectivity index (χ1v) is 5.41. The molecule has 0 amide bonds. The lowest BCUT2D eigenvalue weighted by Gasteiger charge is -2.21. The average Bonchev–Trinajstić information content (AvgIpc) is 2.38. The zero-order valence-electron chi connectivity index (χ0n) is 9.88. The van der Waals surface area contributed by atoms with Gasteiger partial charge in [0.25, 0.3) is 0 Å². The van der Waals surface area contributed by atoms with Gasteiger partial charge >= 0.3 is 0 Å². The molecule has 2 aromatic rings. The summed E-state index contributed by atoms with van der Waals surface area (Å²) in [5.74, 6) is 0.663. The highest BCUT2D eigenvalue weighted by molar-refractivity contribution is 5.63. The molecule has 3 N–H and O–H groups in total. The van der Waals surface area contributed by atoms with E-state index in [4.69, 9.17) is 14.2 Å². The van der Waals surface area contributed by atoms with Crippen LogP contribution in [0.25, 0.3) is 0 Å². The topological polar surface area (TPSA) is 88.4 Å². The molecule has 0 fully saturated rings. The minimum Gasteiger partial charge on any atom is -0.504 e. The van der Waals surface area contributed by atoms with E-state index in [-0.39, 0.29) is 40.2 Å². The van der Waals surface area contributed by atoms with E-state index in [2.05, 4.69) is 0 Å². The summed E-state index contributed by atoms with van der Waals surface area (Å²) in [4.78, 5) is 0. The van der Waals surface area contributed by atoms with Gasteiger partial charge < -0.3 is 29.5 Å². The maximum atomic E-state index is 9.66. The number of rotatable bonds is 1. The van der Waals surface area contributed by atoms with E-state index in [9.17, 15) is 15.3 Å². The Morgan fingerprint density at radius 1 is 0.737 bits per heavy atom. The zero-order valence-corrected chi connectivity index (χ0v) is 9.88. The van der Waals surface area contributed by atoms with E-state index in [1.54, 1.807) is 0 Å². The van der Waals surface area contributed by atoms with E-state index in [1.165, 1.54) is 31.4 Å². The molecule has 0 spiro atoms. The summed E-state index contributed by atoms with van der Waals surface area (Å²) in [6.45, 7) is 0. The lowest BCUT2D eigenvalue weighted by molar-refractivity contribution is 0.332. The third kappa shape index (κ3) is 1.74. The van der Waals surface area contributed by atoms with Crippen molar-refractivity contribution in [2.24, 2.45) is 0 Å². The molecule has 1 heterocycles. The highest BCUT2D eigenvalue weighted by Crippen LogP contribution is 2.51. The molecule has 0 saturated carbocycles. The fourth-order valence-corrected chi connectivity index (χ4v) is 1.79. The molecule has 19 heavy (non-hydrogen) atoms. The molecule has 0 bridgehead atoms. The lowest BCUT2D eigenvalue weighted by atomic mass is 10.2. The second-order valence-corrected chi connectivity index (χ2v) is 3.96. The van der Waals surface area contributed by atoms with Crippen molar-refractivity contribution < 1.29 is 29.5 Å². The summed E-state index contributed by atoms with van der Waals surface area (Å²) >= 11 is 0.